The number of hydrogen-bond acceptors (Lipinski definition) is 1. The Bertz CT molecular complexity index is 2000. The number of aromatic nitrogens is 3. The summed E-state index contributed by atoms with van der Waals surface area (Å²) in [4.78, 5) is 3.24. The van der Waals surface area contributed by atoms with Gasteiger partial charge in [0.2, 0.25) is 0 Å². The van der Waals surface area contributed by atoms with Crippen LogP contribution in [0.1, 0.15) is 58.2 Å². The van der Waals surface area contributed by atoms with Crippen molar-refractivity contribution in [2.24, 2.45) is 0 Å². The number of alkyl halides is 3. The Kier molecular flexibility index (Phi) is 7.18. The van der Waals surface area contributed by atoms with Crippen LogP contribution in [0.25, 0.3) is 44.8 Å². The van der Waals surface area contributed by atoms with Crippen LogP contribution in [0.2, 0.25) is 0 Å². The molecule has 0 fully saturated rings. The Morgan fingerprint density at radius 1 is 0.689 bits per heavy atom. The molecule has 4 aromatic carbocycles. The van der Waals surface area contributed by atoms with Crippen LogP contribution in [0, 0.1) is 6.33 Å². The number of phenolic OH excluding ortho intramolecular Hbond substituents is 1. The van der Waals surface area contributed by atoms with E-state index in [4.69, 9.17) is 0 Å². The monoisotopic (exact) mass is 607 g/mol. The minimum atomic E-state index is -4.57. The first kappa shape index (κ1) is 30.3. The van der Waals surface area contributed by atoms with Crippen LogP contribution < -0.4 is 4.57 Å². The third kappa shape index (κ3) is 5.87. The van der Waals surface area contributed by atoms with E-state index in [-0.39, 0.29) is 16.6 Å². The summed E-state index contributed by atoms with van der Waals surface area (Å²) in [6, 6.07) is 26.7. The lowest BCUT2D eigenvalue weighted by atomic mass is 9.79. The second-order valence-electron chi connectivity index (χ2n) is 13.6. The summed E-state index contributed by atoms with van der Waals surface area (Å²) in [6.07, 6.45) is 0.472. The van der Waals surface area contributed by atoms with Crippen LogP contribution in [-0.4, -0.2) is 14.7 Å². The molecule has 0 unspecified atom stereocenters. The summed E-state index contributed by atoms with van der Waals surface area (Å²) in [5.41, 5.74) is 6.46. The van der Waals surface area contributed by atoms with Gasteiger partial charge < -0.3 is 10.1 Å². The number of fused-ring (bicyclic) bond motifs is 1. The Morgan fingerprint density at radius 3 is 1.96 bits per heavy atom. The zero-order valence-electron chi connectivity index (χ0n) is 26.2. The quantitative estimate of drug-likeness (QED) is 0.152. The third-order valence-electron chi connectivity index (χ3n) is 8.18. The fourth-order valence-corrected chi connectivity index (χ4v) is 5.53. The summed E-state index contributed by atoms with van der Waals surface area (Å²) < 4.78 is 46.3. The number of aromatic hydroxyl groups is 1. The van der Waals surface area contributed by atoms with Gasteiger partial charge in [-0.3, -0.25) is 9.13 Å². The number of nitrogens with one attached hydrogen (secondary N) is 1. The van der Waals surface area contributed by atoms with E-state index < -0.39 is 11.7 Å². The minimum absolute atomic E-state index is 0.0375. The summed E-state index contributed by atoms with van der Waals surface area (Å²) in [6.45, 7) is 13.1. The van der Waals surface area contributed by atoms with Crippen LogP contribution in [0.4, 0.5) is 13.2 Å². The topological polar surface area (TPSA) is 44.8 Å². The highest BCUT2D eigenvalue weighted by molar-refractivity contribution is 5.77. The number of H-pyrrole nitrogens is 1. The minimum Gasteiger partial charge on any atom is -0.511 e. The first-order valence-corrected chi connectivity index (χ1v) is 14.9. The van der Waals surface area contributed by atoms with Crippen molar-refractivity contribution in [1.82, 2.24) is 9.55 Å². The van der Waals surface area contributed by atoms with Gasteiger partial charge in [-0.05, 0) is 75.0 Å². The smallest absolute Gasteiger partial charge is 0.415 e. The highest BCUT2D eigenvalue weighted by Crippen LogP contribution is 2.38. The maximum Gasteiger partial charge on any atom is 0.415 e. The molecule has 0 amide bonds. The summed E-state index contributed by atoms with van der Waals surface area (Å²) in [7, 11) is 0. The summed E-state index contributed by atoms with van der Waals surface area (Å²) in [5.74, 6) is 0.0375. The van der Waals surface area contributed by atoms with Gasteiger partial charge in [-0.2, -0.15) is 13.2 Å². The van der Waals surface area contributed by atoms with Gasteiger partial charge in [-0.25, -0.2) is 0 Å². The van der Waals surface area contributed by atoms with Gasteiger partial charge >= 0.3 is 6.18 Å². The summed E-state index contributed by atoms with van der Waals surface area (Å²) in [5, 5.41) is 10.6. The number of hydrogen-bond donors (Lipinski definition) is 2. The van der Waals surface area contributed by atoms with E-state index in [0.717, 1.165) is 17.2 Å². The number of imidazole rings is 1. The van der Waals surface area contributed by atoms with Crippen LogP contribution >= 0.6 is 0 Å². The van der Waals surface area contributed by atoms with E-state index in [1.807, 2.05) is 36.5 Å². The van der Waals surface area contributed by atoms with E-state index in [1.54, 1.807) is 39.5 Å². The number of phenols is 1. The fourth-order valence-electron chi connectivity index (χ4n) is 5.53. The molecule has 6 rings (SSSR count). The van der Waals surface area contributed by atoms with Gasteiger partial charge in [0.15, 0.2) is 0 Å². The molecule has 2 N–H and O–H groups in total. The zero-order valence-corrected chi connectivity index (χ0v) is 26.2. The van der Waals surface area contributed by atoms with Crippen molar-refractivity contribution < 1.29 is 22.8 Å². The zero-order chi connectivity index (χ0) is 32.3. The highest BCUT2D eigenvalue weighted by Gasteiger charge is 2.32. The van der Waals surface area contributed by atoms with Crippen molar-refractivity contribution in [3.05, 3.63) is 120 Å². The Labute approximate surface area is 261 Å². The van der Waals surface area contributed by atoms with Gasteiger partial charge in [-0.15, -0.1) is 0 Å². The number of nitrogens with zero attached hydrogens (tertiary/aromatic N) is 2. The van der Waals surface area contributed by atoms with E-state index in [9.17, 15) is 18.3 Å². The molecule has 0 bridgehead atoms. The molecule has 0 atom stereocenters. The first-order valence-electron chi connectivity index (χ1n) is 14.9. The third-order valence-corrected chi connectivity index (χ3v) is 8.18. The predicted molar refractivity (Wildman–Crippen MR) is 173 cm³/mol. The van der Waals surface area contributed by atoms with Crippen LogP contribution in [-0.2, 0) is 17.0 Å². The van der Waals surface area contributed by atoms with E-state index >= 15 is 0 Å². The first-order chi connectivity index (χ1) is 21.1. The van der Waals surface area contributed by atoms with Gasteiger partial charge in [0.05, 0.1) is 22.3 Å². The van der Waals surface area contributed by atoms with Gasteiger partial charge in [0, 0.05) is 11.9 Å². The molecular formula is C38H36F3N3O. The number of aromatic amines is 1. The maximum absolute atomic E-state index is 14.3. The maximum atomic E-state index is 14.3. The number of para-hydroxylation sites is 4. The van der Waals surface area contributed by atoms with Crippen LogP contribution in [0.5, 0.6) is 5.75 Å². The Hall–Kier alpha value is -4.78. The van der Waals surface area contributed by atoms with Crippen LogP contribution in [0.15, 0.2) is 97.2 Å². The number of rotatable bonds is 4. The number of halogens is 3. The molecule has 0 aliphatic rings. The molecule has 230 valence electrons. The van der Waals surface area contributed by atoms with Crippen molar-refractivity contribution in [2.45, 2.75) is 58.5 Å². The molecule has 4 nitrogen and oxygen atoms in total. The molecule has 0 saturated carbocycles. The van der Waals surface area contributed by atoms with E-state index in [2.05, 4.69) is 71.1 Å². The average molecular weight is 608 g/mol. The molecule has 2 heterocycles. The molecular weight excluding hydrogens is 571 g/mol. The molecule has 0 aliphatic heterocycles. The second kappa shape index (κ2) is 10.7. The van der Waals surface area contributed by atoms with Crippen molar-refractivity contribution in [2.75, 3.05) is 0 Å². The van der Waals surface area contributed by atoms with Crippen molar-refractivity contribution in [3.63, 3.8) is 0 Å². The number of benzene rings is 4. The standard InChI is InChI=1S/C38H36F3N3O/c1-36(2,3)27-15-24(16-28(20-27)37(4,5)6)26-19-31(42-22-26)25-17-29(38(39,40)41)21-30(18-25)43-23-44(33-12-8-7-11-32(33)43)34-13-9-10-14-35(34)45/h7-22,42,45H,1-6H3. The van der Waals surface area contributed by atoms with Crippen molar-refractivity contribution >= 4 is 11.0 Å². The lowest BCUT2D eigenvalue weighted by Gasteiger charge is -2.26. The van der Waals surface area contributed by atoms with Gasteiger partial charge in [-0.1, -0.05) is 96.1 Å². The molecule has 0 spiro atoms. The molecule has 0 saturated heterocycles. The Balaban J connectivity index is 1.51. The normalized spacial score (nSPS) is 12.6. The predicted octanol–water partition coefficient (Wildman–Crippen LogP) is 9.69. The SMILES string of the molecule is CC(C)(C)c1cc(-c2c[nH]c(-c3cc(-n4[c-][n+](-c5ccccc5O)c5ccccc54)cc(C(F)(F)F)c3)c2)cc(C(C)(C)C)c1. The molecule has 0 radical (unpaired) electrons. The largest absolute Gasteiger partial charge is 0.511 e. The molecule has 45 heavy (non-hydrogen) atoms. The van der Waals surface area contributed by atoms with Crippen molar-refractivity contribution in [1.29, 1.82) is 0 Å². The van der Waals surface area contributed by atoms with Gasteiger partial charge in [0.25, 0.3) is 6.33 Å². The van der Waals surface area contributed by atoms with E-state index in [0.29, 0.717) is 33.7 Å². The molecule has 0 aliphatic carbocycles. The van der Waals surface area contributed by atoms with Gasteiger partial charge in [0.1, 0.15) is 11.4 Å². The second-order valence-corrected chi connectivity index (χ2v) is 13.6. The Morgan fingerprint density at radius 2 is 1.31 bits per heavy atom. The molecule has 7 heteroatoms. The lowest BCUT2D eigenvalue weighted by molar-refractivity contribution is -0.573. The van der Waals surface area contributed by atoms with Crippen LogP contribution in [0.3, 0.4) is 0 Å². The average Bonchev–Trinajstić information content (AvgIpc) is 3.62. The summed E-state index contributed by atoms with van der Waals surface area (Å²) >= 11 is 0. The fraction of sp³-hybridized carbons (Fsp3) is 0.237. The lowest BCUT2D eigenvalue weighted by Crippen LogP contribution is -2.29. The molecule has 6 aromatic rings. The van der Waals surface area contributed by atoms with E-state index in [1.165, 1.54) is 17.2 Å². The highest BCUT2D eigenvalue weighted by atomic mass is 19.4. The van der Waals surface area contributed by atoms with Crippen molar-refractivity contribution in [3.8, 4) is 39.5 Å². The molecule has 2 aromatic heterocycles.